The molecule has 23 heavy (non-hydrogen) atoms. The maximum absolute atomic E-state index is 13.4. The number of nitrogens with zero attached hydrogens (tertiary/aromatic N) is 5. The zero-order valence-corrected chi connectivity index (χ0v) is 12.6. The van der Waals surface area contributed by atoms with Gasteiger partial charge in [0.05, 0.1) is 11.8 Å². The van der Waals surface area contributed by atoms with E-state index < -0.39 is 6.43 Å². The molecule has 0 aliphatic heterocycles. The summed E-state index contributed by atoms with van der Waals surface area (Å²) in [5.74, 6) is 0.539. The van der Waals surface area contributed by atoms with Crippen LogP contribution in [0.1, 0.15) is 26.0 Å². The van der Waals surface area contributed by atoms with Gasteiger partial charge < -0.3 is 4.52 Å². The third kappa shape index (κ3) is 3.10. The largest absolute Gasteiger partial charge is 0.333 e. The monoisotopic (exact) mass is 319 g/mol. The predicted molar refractivity (Wildman–Crippen MR) is 78.5 cm³/mol. The molecular weight excluding hydrogens is 304 g/mol. The minimum absolute atomic E-state index is 0.0297. The van der Waals surface area contributed by atoms with Gasteiger partial charge in [-0.2, -0.15) is 10.1 Å². The fourth-order valence-electron chi connectivity index (χ4n) is 2.23. The van der Waals surface area contributed by atoms with E-state index in [9.17, 15) is 8.78 Å². The summed E-state index contributed by atoms with van der Waals surface area (Å²) >= 11 is 0. The molecule has 0 saturated carbocycles. The molecule has 0 radical (unpaired) electrons. The molecule has 8 heteroatoms. The third-order valence-corrected chi connectivity index (χ3v) is 3.22. The lowest BCUT2D eigenvalue weighted by Crippen LogP contribution is -2.10. The molecule has 0 N–H and O–H groups in total. The van der Waals surface area contributed by atoms with Crippen LogP contribution in [0.15, 0.2) is 35.2 Å². The van der Waals surface area contributed by atoms with Crippen molar-refractivity contribution in [3.8, 4) is 22.8 Å². The molecule has 0 aromatic carbocycles. The van der Waals surface area contributed by atoms with Gasteiger partial charge in [0.15, 0.2) is 0 Å². The van der Waals surface area contributed by atoms with Crippen molar-refractivity contribution in [2.45, 2.75) is 26.8 Å². The Hall–Kier alpha value is -2.64. The zero-order valence-electron chi connectivity index (χ0n) is 12.6. The predicted octanol–water partition coefficient (Wildman–Crippen LogP) is 3.59. The van der Waals surface area contributed by atoms with Crippen LogP contribution < -0.4 is 0 Å². The summed E-state index contributed by atoms with van der Waals surface area (Å²) in [7, 11) is 0. The van der Waals surface area contributed by atoms with E-state index in [1.54, 1.807) is 24.5 Å². The fraction of sp³-hybridized carbons (Fsp3) is 0.333. The molecule has 0 bridgehead atoms. The number of hydrogen-bond acceptors (Lipinski definition) is 5. The molecule has 3 rings (SSSR count). The smallest absolute Gasteiger partial charge is 0.280 e. The second-order valence-electron chi connectivity index (χ2n) is 5.48. The van der Waals surface area contributed by atoms with Crippen LogP contribution in [0.4, 0.5) is 8.78 Å². The van der Waals surface area contributed by atoms with Gasteiger partial charge in [0, 0.05) is 24.5 Å². The number of hydrogen-bond donors (Lipinski definition) is 0. The quantitative estimate of drug-likeness (QED) is 0.719. The van der Waals surface area contributed by atoms with Crippen LogP contribution in [0.3, 0.4) is 0 Å². The Morgan fingerprint density at radius 1 is 1.22 bits per heavy atom. The van der Waals surface area contributed by atoms with Crippen LogP contribution >= 0.6 is 0 Å². The first-order chi connectivity index (χ1) is 11.1. The fourth-order valence-corrected chi connectivity index (χ4v) is 2.23. The van der Waals surface area contributed by atoms with Crippen molar-refractivity contribution in [1.29, 1.82) is 0 Å². The highest BCUT2D eigenvalue weighted by Crippen LogP contribution is 2.31. The summed E-state index contributed by atoms with van der Waals surface area (Å²) in [6.45, 7) is 4.26. The standard InChI is InChI=1S/C15H15F2N5O/c1-9(2)8-22-12(13(16)17)11(7-19-22)15-20-14(21-23-15)10-3-5-18-6-4-10/h3-7,9,13H,8H2,1-2H3. The van der Waals surface area contributed by atoms with Crippen molar-refractivity contribution < 1.29 is 13.3 Å². The van der Waals surface area contributed by atoms with Crippen molar-refractivity contribution in [3.63, 3.8) is 0 Å². The third-order valence-electron chi connectivity index (χ3n) is 3.22. The Bertz CT molecular complexity index is 782. The van der Waals surface area contributed by atoms with Crippen molar-refractivity contribution in [3.05, 3.63) is 36.4 Å². The minimum Gasteiger partial charge on any atom is -0.333 e. The van der Waals surface area contributed by atoms with Crippen LogP contribution in [0.5, 0.6) is 0 Å². The van der Waals surface area contributed by atoms with Crippen molar-refractivity contribution in [2.24, 2.45) is 5.92 Å². The maximum Gasteiger partial charge on any atom is 0.280 e. The summed E-state index contributed by atoms with van der Waals surface area (Å²) in [5, 5.41) is 7.87. The van der Waals surface area contributed by atoms with Gasteiger partial charge in [0.2, 0.25) is 5.82 Å². The maximum atomic E-state index is 13.4. The van der Waals surface area contributed by atoms with Crippen LogP contribution in [0.2, 0.25) is 0 Å². The van der Waals surface area contributed by atoms with E-state index in [1.165, 1.54) is 10.9 Å². The second kappa shape index (κ2) is 6.23. The highest BCUT2D eigenvalue weighted by molar-refractivity contribution is 5.60. The molecule has 6 nitrogen and oxygen atoms in total. The summed E-state index contributed by atoms with van der Waals surface area (Å²) in [5.41, 5.74) is 0.653. The van der Waals surface area contributed by atoms with Gasteiger partial charge in [-0.1, -0.05) is 19.0 Å². The molecule has 0 amide bonds. The SMILES string of the molecule is CC(C)Cn1ncc(-c2nc(-c3ccncc3)no2)c1C(F)F. The average molecular weight is 319 g/mol. The lowest BCUT2D eigenvalue weighted by atomic mass is 10.2. The topological polar surface area (TPSA) is 69.6 Å². The van der Waals surface area contributed by atoms with Gasteiger partial charge in [-0.25, -0.2) is 8.78 Å². The number of rotatable bonds is 5. The van der Waals surface area contributed by atoms with Gasteiger partial charge in [-0.05, 0) is 18.1 Å². The van der Waals surface area contributed by atoms with Crippen molar-refractivity contribution >= 4 is 0 Å². The Morgan fingerprint density at radius 3 is 2.61 bits per heavy atom. The van der Waals surface area contributed by atoms with Crippen LogP contribution in [-0.2, 0) is 6.54 Å². The molecular formula is C15H15F2N5O. The molecule has 0 saturated heterocycles. The number of halogens is 2. The van der Waals surface area contributed by atoms with E-state index in [4.69, 9.17) is 4.52 Å². The first-order valence-corrected chi connectivity index (χ1v) is 7.14. The highest BCUT2D eigenvalue weighted by Gasteiger charge is 2.25. The first kappa shape index (κ1) is 15.3. The normalized spacial score (nSPS) is 11.6. The van der Waals surface area contributed by atoms with Gasteiger partial charge in [0.25, 0.3) is 12.3 Å². The second-order valence-corrected chi connectivity index (χ2v) is 5.48. The average Bonchev–Trinajstić information content (AvgIpc) is 3.14. The molecule has 0 fully saturated rings. The van der Waals surface area contributed by atoms with Gasteiger partial charge in [-0.3, -0.25) is 9.67 Å². The Kier molecular flexibility index (Phi) is 4.14. The molecule has 3 heterocycles. The van der Waals surface area contributed by atoms with Crippen LogP contribution in [0.25, 0.3) is 22.8 Å². The molecule has 0 unspecified atom stereocenters. The van der Waals surface area contributed by atoms with E-state index in [0.29, 0.717) is 17.9 Å². The van der Waals surface area contributed by atoms with E-state index >= 15 is 0 Å². The Morgan fingerprint density at radius 2 is 1.96 bits per heavy atom. The number of aromatic nitrogens is 5. The van der Waals surface area contributed by atoms with Crippen molar-refractivity contribution in [1.82, 2.24) is 24.9 Å². The molecule has 3 aromatic rings. The van der Waals surface area contributed by atoms with E-state index in [0.717, 1.165) is 0 Å². The van der Waals surface area contributed by atoms with E-state index in [1.807, 2.05) is 13.8 Å². The number of pyridine rings is 1. The van der Waals surface area contributed by atoms with Crippen LogP contribution in [-0.4, -0.2) is 24.9 Å². The lowest BCUT2D eigenvalue weighted by Gasteiger charge is -2.09. The van der Waals surface area contributed by atoms with E-state index in [-0.39, 0.29) is 23.1 Å². The lowest BCUT2D eigenvalue weighted by molar-refractivity contribution is 0.138. The van der Waals surface area contributed by atoms with Crippen LogP contribution in [0, 0.1) is 5.92 Å². The Balaban J connectivity index is 1.99. The van der Waals surface area contributed by atoms with Gasteiger partial charge in [-0.15, -0.1) is 0 Å². The number of alkyl halides is 2. The Labute approximate surface area is 131 Å². The van der Waals surface area contributed by atoms with E-state index in [2.05, 4.69) is 20.2 Å². The van der Waals surface area contributed by atoms with Gasteiger partial charge in [0.1, 0.15) is 5.69 Å². The highest BCUT2D eigenvalue weighted by atomic mass is 19.3. The zero-order chi connectivity index (χ0) is 16.4. The molecule has 0 aliphatic rings. The molecule has 0 atom stereocenters. The molecule has 0 aliphatic carbocycles. The molecule has 3 aromatic heterocycles. The summed E-state index contributed by atoms with van der Waals surface area (Å²) < 4.78 is 33.3. The van der Waals surface area contributed by atoms with Crippen molar-refractivity contribution in [2.75, 3.05) is 0 Å². The summed E-state index contributed by atoms with van der Waals surface area (Å²) in [6.07, 6.45) is 1.85. The minimum atomic E-state index is -2.68. The first-order valence-electron chi connectivity index (χ1n) is 7.14. The molecule has 120 valence electrons. The summed E-state index contributed by atoms with van der Waals surface area (Å²) in [6, 6.07) is 3.43. The van der Waals surface area contributed by atoms with Gasteiger partial charge >= 0.3 is 0 Å². The molecule has 0 spiro atoms. The summed E-state index contributed by atoms with van der Waals surface area (Å²) in [4.78, 5) is 8.10.